The lowest BCUT2D eigenvalue weighted by molar-refractivity contribution is -0.114. The molecule has 0 aliphatic carbocycles. The third kappa shape index (κ3) is 5.17. The third-order valence-electron chi connectivity index (χ3n) is 4.25. The summed E-state index contributed by atoms with van der Waals surface area (Å²) >= 11 is 12.2. The van der Waals surface area contributed by atoms with Crippen molar-refractivity contribution in [2.75, 3.05) is 30.3 Å². The molecular weight excluding hydrogens is 421 g/mol. The lowest BCUT2D eigenvalue weighted by Crippen LogP contribution is -2.31. The number of benzene rings is 2. The molecule has 0 fully saturated rings. The Morgan fingerprint density at radius 3 is 2.39 bits per heavy atom. The summed E-state index contributed by atoms with van der Waals surface area (Å²) in [7, 11) is -3.71. The predicted octanol–water partition coefficient (Wildman–Crippen LogP) is 4.38. The predicted molar refractivity (Wildman–Crippen MR) is 115 cm³/mol. The number of nitrogens with one attached hydrogen (secondary N) is 2. The smallest absolute Gasteiger partial charge is 0.244 e. The molecule has 152 valence electrons. The number of anilines is 2. The van der Waals surface area contributed by atoms with E-state index in [1.165, 1.54) is 16.4 Å². The summed E-state index contributed by atoms with van der Waals surface area (Å²) in [5.74, 6) is -0.284. The van der Waals surface area contributed by atoms with E-state index in [2.05, 4.69) is 10.6 Å². The average Bonchev–Trinajstić information content (AvgIpc) is 2.65. The molecule has 0 saturated heterocycles. The van der Waals surface area contributed by atoms with Gasteiger partial charge in [0.2, 0.25) is 15.9 Å². The van der Waals surface area contributed by atoms with Crippen LogP contribution >= 0.6 is 23.2 Å². The van der Waals surface area contributed by atoms with Gasteiger partial charge < -0.3 is 10.6 Å². The van der Waals surface area contributed by atoms with Crippen LogP contribution in [0.4, 0.5) is 11.4 Å². The van der Waals surface area contributed by atoms with Gasteiger partial charge in [-0.2, -0.15) is 4.31 Å². The van der Waals surface area contributed by atoms with Gasteiger partial charge in [0.1, 0.15) is 4.90 Å². The van der Waals surface area contributed by atoms with Gasteiger partial charge in [0.15, 0.2) is 0 Å². The molecule has 2 aromatic rings. The fourth-order valence-electron chi connectivity index (χ4n) is 2.63. The number of carbonyl (C=O) groups excluding carboxylic acids is 1. The van der Waals surface area contributed by atoms with Gasteiger partial charge in [0.25, 0.3) is 0 Å². The fourth-order valence-corrected chi connectivity index (χ4v) is 4.77. The van der Waals surface area contributed by atoms with Crippen molar-refractivity contribution >= 4 is 50.5 Å². The van der Waals surface area contributed by atoms with E-state index in [0.29, 0.717) is 29.5 Å². The lowest BCUT2D eigenvalue weighted by atomic mass is 10.2. The zero-order valence-electron chi connectivity index (χ0n) is 15.9. The van der Waals surface area contributed by atoms with Gasteiger partial charge in [-0.1, -0.05) is 43.1 Å². The highest BCUT2D eigenvalue weighted by molar-refractivity contribution is 7.89. The summed E-state index contributed by atoms with van der Waals surface area (Å²) in [6.45, 7) is 5.98. The molecule has 2 N–H and O–H groups in total. The Labute approximate surface area is 175 Å². The Balaban J connectivity index is 2.13. The molecule has 28 heavy (non-hydrogen) atoms. The molecule has 0 saturated carbocycles. The molecule has 0 unspecified atom stereocenters. The zero-order valence-corrected chi connectivity index (χ0v) is 18.2. The molecule has 0 radical (unpaired) electrons. The first kappa shape index (κ1) is 22.5. The Morgan fingerprint density at radius 2 is 1.75 bits per heavy atom. The van der Waals surface area contributed by atoms with E-state index >= 15 is 0 Å². The van der Waals surface area contributed by atoms with E-state index in [1.807, 2.05) is 6.92 Å². The molecule has 1 amide bonds. The van der Waals surface area contributed by atoms with Crippen LogP contribution in [0.1, 0.15) is 19.4 Å². The summed E-state index contributed by atoms with van der Waals surface area (Å²) in [5.41, 5.74) is 1.88. The number of hydrogen-bond donors (Lipinski definition) is 2. The first-order valence-corrected chi connectivity index (χ1v) is 11.0. The van der Waals surface area contributed by atoms with Crippen LogP contribution in [-0.2, 0) is 14.8 Å². The highest BCUT2D eigenvalue weighted by atomic mass is 35.5. The van der Waals surface area contributed by atoms with E-state index < -0.39 is 10.0 Å². The number of halogens is 2. The average molecular weight is 444 g/mol. The summed E-state index contributed by atoms with van der Waals surface area (Å²) in [6.07, 6.45) is 0. The van der Waals surface area contributed by atoms with Crippen molar-refractivity contribution in [3.05, 3.63) is 52.0 Å². The molecule has 0 aromatic heterocycles. The van der Waals surface area contributed by atoms with Gasteiger partial charge in [-0.15, -0.1) is 0 Å². The molecule has 0 heterocycles. The van der Waals surface area contributed by atoms with E-state index in [4.69, 9.17) is 23.2 Å². The Kier molecular flexibility index (Phi) is 7.71. The number of nitrogens with zero attached hydrogens (tertiary/aromatic N) is 1. The largest absolute Gasteiger partial charge is 0.376 e. The maximum atomic E-state index is 12.7. The highest BCUT2D eigenvalue weighted by Crippen LogP contribution is 2.28. The first-order valence-electron chi connectivity index (χ1n) is 8.79. The van der Waals surface area contributed by atoms with Crippen LogP contribution in [0.15, 0.2) is 41.3 Å². The van der Waals surface area contributed by atoms with E-state index in [1.54, 1.807) is 38.1 Å². The maximum Gasteiger partial charge on any atom is 0.244 e. The van der Waals surface area contributed by atoms with Gasteiger partial charge >= 0.3 is 0 Å². The number of carbonyl (C=O) groups is 1. The zero-order chi connectivity index (χ0) is 20.9. The van der Waals surface area contributed by atoms with E-state index in [-0.39, 0.29) is 22.4 Å². The second-order valence-corrected chi connectivity index (χ2v) is 8.77. The standard InChI is InChI=1S/C19H23Cl2N3O3S/c1-4-24(5-2)28(26,27)18-11-14(9-10-16(18)21)22-12-19(25)23-17-8-6-7-15(20)13(17)3/h6-11,22H,4-5,12H2,1-3H3,(H,23,25). The van der Waals surface area contributed by atoms with Crippen LogP contribution in [0.2, 0.25) is 10.0 Å². The van der Waals surface area contributed by atoms with Crippen molar-refractivity contribution in [1.82, 2.24) is 4.31 Å². The third-order valence-corrected chi connectivity index (χ3v) is 7.19. The molecule has 0 aliphatic rings. The lowest BCUT2D eigenvalue weighted by Gasteiger charge is -2.20. The van der Waals surface area contributed by atoms with Gasteiger partial charge in [-0.3, -0.25) is 4.79 Å². The van der Waals surface area contributed by atoms with Crippen LogP contribution in [0, 0.1) is 6.92 Å². The maximum absolute atomic E-state index is 12.7. The van der Waals surface area contributed by atoms with Gasteiger partial charge in [-0.25, -0.2) is 8.42 Å². The van der Waals surface area contributed by atoms with Crippen LogP contribution in [0.3, 0.4) is 0 Å². The van der Waals surface area contributed by atoms with Crippen molar-refractivity contribution in [1.29, 1.82) is 0 Å². The molecule has 0 spiro atoms. The second-order valence-electron chi connectivity index (χ2n) is 6.05. The molecule has 2 rings (SSSR count). The van der Waals surface area contributed by atoms with Gasteiger partial charge in [-0.05, 0) is 42.8 Å². The monoisotopic (exact) mass is 443 g/mol. The van der Waals surface area contributed by atoms with Crippen molar-refractivity contribution in [2.24, 2.45) is 0 Å². The molecule has 9 heteroatoms. The van der Waals surface area contributed by atoms with Crippen molar-refractivity contribution in [3.63, 3.8) is 0 Å². The van der Waals surface area contributed by atoms with Crippen LogP contribution in [0.5, 0.6) is 0 Å². The SMILES string of the molecule is CCN(CC)S(=O)(=O)c1cc(NCC(=O)Nc2cccc(Cl)c2C)ccc1Cl. The van der Waals surface area contributed by atoms with Crippen molar-refractivity contribution in [2.45, 2.75) is 25.7 Å². The summed E-state index contributed by atoms with van der Waals surface area (Å²) in [4.78, 5) is 12.2. The quantitative estimate of drug-likeness (QED) is 0.634. The Morgan fingerprint density at radius 1 is 1.07 bits per heavy atom. The topological polar surface area (TPSA) is 78.5 Å². The summed E-state index contributed by atoms with van der Waals surface area (Å²) < 4.78 is 26.8. The molecular formula is C19H23Cl2N3O3S. The minimum Gasteiger partial charge on any atom is -0.376 e. The minimum atomic E-state index is -3.71. The Hall–Kier alpha value is -1.80. The number of sulfonamides is 1. The number of amides is 1. The van der Waals surface area contributed by atoms with Gasteiger partial charge in [0.05, 0.1) is 11.6 Å². The first-order chi connectivity index (χ1) is 13.2. The molecule has 0 atom stereocenters. The Bertz CT molecular complexity index is 961. The normalized spacial score (nSPS) is 11.5. The molecule has 0 aliphatic heterocycles. The molecule has 2 aromatic carbocycles. The minimum absolute atomic E-state index is 0.00830. The van der Waals surface area contributed by atoms with Crippen LogP contribution in [-0.4, -0.2) is 38.3 Å². The highest BCUT2D eigenvalue weighted by Gasteiger charge is 2.24. The number of hydrogen-bond acceptors (Lipinski definition) is 4. The summed E-state index contributed by atoms with van der Waals surface area (Å²) in [5, 5.41) is 6.40. The van der Waals surface area contributed by atoms with Crippen LogP contribution in [0.25, 0.3) is 0 Å². The molecule has 0 bridgehead atoms. The number of rotatable bonds is 8. The molecule has 6 nitrogen and oxygen atoms in total. The van der Waals surface area contributed by atoms with E-state index in [0.717, 1.165) is 5.56 Å². The van der Waals surface area contributed by atoms with Crippen molar-refractivity contribution < 1.29 is 13.2 Å². The fraction of sp³-hybridized carbons (Fsp3) is 0.316. The van der Waals surface area contributed by atoms with Crippen LogP contribution < -0.4 is 10.6 Å². The summed E-state index contributed by atoms with van der Waals surface area (Å²) in [6, 6.07) is 9.82. The van der Waals surface area contributed by atoms with Gasteiger partial charge in [0, 0.05) is 29.5 Å². The van der Waals surface area contributed by atoms with E-state index in [9.17, 15) is 13.2 Å². The van der Waals surface area contributed by atoms with Crippen molar-refractivity contribution in [3.8, 4) is 0 Å². The second kappa shape index (κ2) is 9.60.